The van der Waals surface area contributed by atoms with Gasteiger partial charge in [0.2, 0.25) is 17.8 Å². The van der Waals surface area contributed by atoms with Gasteiger partial charge in [-0.05, 0) is 49.1 Å². The van der Waals surface area contributed by atoms with Gasteiger partial charge in [-0.2, -0.15) is 16.7 Å². The van der Waals surface area contributed by atoms with Crippen LogP contribution in [0.3, 0.4) is 0 Å². The Labute approximate surface area is 262 Å². The number of pyridine rings is 1. The van der Waals surface area contributed by atoms with E-state index in [4.69, 9.17) is 4.98 Å². The minimum atomic E-state index is -0.105. The molecular weight excluding hydrogens is 576 g/mol. The van der Waals surface area contributed by atoms with Crippen LogP contribution in [-0.4, -0.2) is 111 Å². The molecule has 1 aromatic carbocycles. The van der Waals surface area contributed by atoms with Crippen LogP contribution < -0.4 is 15.8 Å². The lowest BCUT2D eigenvalue weighted by atomic mass is 10.1. The molecule has 1 N–H and O–H groups in total. The second-order valence-corrected chi connectivity index (χ2v) is 12.2. The lowest BCUT2D eigenvalue weighted by Gasteiger charge is -2.41. The highest BCUT2D eigenvalue weighted by Crippen LogP contribution is 2.22. The second kappa shape index (κ2) is 14.7. The number of rotatable bonds is 11. The Morgan fingerprint density at radius 2 is 1.77 bits per heavy atom. The third-order valence-corrected chi connectivity index (χ3v) is 9.15. The predicted molar refractivity (Wildman–Crippen MR) is 178 cm³/mol. The number of piperazine rings is 2. The number of hydrogen-bond acceptors (Lipinski definition) is 9. The first-order chi connectivity index (χ1) is 21.4. The van der Waals surface area contributed by atoms with Crippen molar-refractivity contribution in [2.24, 2.45) is 0 Å². The zero-order chi connectivity index (χ0) is 31.1. The van der Waals surface area contributed by atoms with Crippen LogP contribution in [0.5, 0.6) is 0 Å². The van der Waals surface area contributed by atoms with Crippen molar-refractivity contribution in [1.82, 2.24) is 29.2 Å². The van der Waals surface area contributed by atoms with Crippen LogP contribution >= 0.6 is 11.8 Å². The minimum Gasteiger partial charge on any atom is -0.368 e. The van der Waals surface area contributed by atoms with E-state index >= 15 is 0 Å². The highest BCUT2D eigenvalue weighted by Gasteiger charge is 2.27. The van der Waals surface area contributed by atoms with Crippen LogP contribution in [0.2, 0.25) is 0 Å². The Kier molecular flexibility index (Phi) is 10.5. The molecule has 2 aliphatic rings. The lowest BCUT2D eigenvalue weighted by molar-refractivity contribution is -0.131. The molecule has 2 amide bonds. The van der Waals surface area contributed by atoms with Gasteiger partial charge in [0, 0.05) is 106 Å². The normalized spacial score (nSPS) is 17.6. The molecule has 2 saturated heterocycles. The largest absolute Gasteiger partial charge is 0.368 e. The summed E-state index contributed by atoms with van der Waals surface area (Å²) >= 11 is 1.70. The van der Waals surface area contributed by atoms with Gasteiger partial charge >= 0.3 is 0 Å². The smallest absolute Gasteiger partial charge is 0.252 e. The summed E-state index contributed by atoms with van der Waals surface area (Å²) in [4.78, 5) is 55.2. The number of carbonyl (C=O) groups excluding carboxylic acids is 2. The van der Waals surface area contributed by atoms with Crippen LogP contribution in [0.4, 0.5) is 17.3 Å². The minimum absolute atomic E-state index is 0.0344. The maximum atomic E-state index is 13.0. The number of nitrogens with one attached hydrogen (secondary N) is 1. The van der Waals surface area contributed by atoms with Crippen molar-refractivity contribution in [2.45, 2.75) is 32.4 Å². The van der Waals surface area contributed by atoms with Crippen LogP contribution in [0.15, 0.2) is 60.0 Å². The molecule has 0 radical (unpaired) electrons. The monoisotopic (exact) mass is 618 g/mol. The summed E-state index contributed by atoms with van der Waals surface area (Å²) < 4.78 is 1.71. The van der Waals surface area contributed by atoms with Crippen molar-refractivity contribution in [3.8, 4) is 0 Å². The van der Waals surface area contributed by atoms with E-state index < -0.39 is 0 Å². The SMILES string of the molecule is C=CC(=O)N1CCN(CCn2c(=O)ccc3cnc(Nc4ccc(N5CCN(C(=O)CCSC)CC5)cc4)nc32)[C@@H](CC)C1. The summed E-state index contributed by atoms with van der Waals surface area (Å²) in [7, 11) is 0. The maximum Gasteiger partial charge on any atom is 0.252 e. The van der Waals surface area contributed by atoms with Crippen molar-refractivity contribution in [2.75, 3.05) is 74.6 Å². The quantitative estimate of drug-likeness (QED) is 0.325. The van der Waals surface area contributed by atoms with E-state index in [0.29, 0.717) is 44.2 Å². The van der Waals surface area contributed by atoms with Gasteiger partial charge in [0.1, 0.15) is 5.65 Å². The molecular formula is C32H42N8O3S. The van der Waals surface area contributed by atoms with E-state index in [1.165, 1.54) is 6.08 Å². The first-order valence-electron chi connectivity index (χ1n) is 15.3. The van der Waals surface area contributed by atoms with E-state index in [1.54, 1.807) is 34.7 Å². The lowest BCUT2D eigenvalue weighted by Crippen LogP contribution is -2.55. The first-order valence-corrected chi connectivity index (χ1v) is 16.7. The number of carbonyl (C=O) groups is 2. The predicted octanol–water partition coefficient (Wildman–Crippen LogP) is 3.05. The van der Waals surface area contributed by atoms with Gasteiger partial charge in [0.05, 0.1) is 0 Å². The van der Waals surface area contributed by atoms with Crippen molar-refractivity contribution >= 4 is 51.9 Å². The Bertz CT molecular complexity index is 1520. The number of anilines is 3. The van der Waals surface area contributed by atoms with E-state index in [9.17, 15) is 14.4 Å². The molecule has 0 bridgehead atoms. The van der Waals surface area contributed by atoms with E-state index in [1.807, 2.05) is 28.2 Å². The van der Waals surface area contributed by atoms with Crippen LogP contribution in [0.25, 0.3) is 11.0 Å². The molecule has 0 spiro atoms. The zero-order valence-corrected chi connectivity index (χ0v) is 26.5. The second-order valence-electron chi connectivity index (χ2n) is 11.2. The van der Waals surface area contributed by atoms with Crippen molar-refractivity contribution in [3.63, 3.8) is 0 Å². The fraction of sp³-hybridized carbons (Fsp3) is 0.469. The number of hydrogen-bond donors (Lipinski definition) is 1. The standard InChI is InChI=1S/C32H42N8O3S/c1-4-26-23-39(28(41)5-2)18-15-36(26)19-20-40-30(43)11-6-24-22-33-32(35-31(24)40)34-25-7-9-27(10-8-25)37-13-16-38(17-14-37)29(42)12-21-44-3/h5-11,22,26H,2,4,12-21,23H2,1,3H3,(H,33,34,35)/t26-/m0/s1. The van der Waals surface area contributed by atoms with E-state index in [0.717, 1.165) is 61.7 Å². The molecule has 3 aromatic rings. The van der Waals surface area contributed by atoms with E-state index in [-0.39, 0.29) is 23.4 Å². The summed E-state index contributed by atoms with van der Waals surface area (Å²) in [5.74, 6) is 1.49. The van der Waals surface area contributed by atoms with Gasteiger partial charge in [0.15, 0.2) is 0 Å². The summed E-state index contributed by atoms with van der Waals surface area (Å²) in [6.45, 7) is 12.1. The van der Waals surface area contributed by atoms with Crippen molar-refractivity contribution in [3.05, 3.63) is 65.6 Å². The van der Waals surface area contributed by atoms with Crippen LogP contribution in [0, 0.1) is 0 Å². The summed E-state index contributed by atoms with van der Waals surface area (Å²) in [5, 5.41) is 4.09. The molecule has 1 atom stereocenters. The number of fused-ring (bicyclic) bond motifs is 1. The first kappa shape index (κ1) is 31.5. The molecule has 2 fully saturated rings. The molecule has 0 unspecified atom stereocenters. The van der Waals surface area contributed by atoms with Crippen molar-refractivity contribution < 1.29 is 9.59 Å². The van der Waals surface area contributed by atoms with Gasteiger partial charge in [-0.1, -0.05) is 13.5 Å². The molecule has 2 aromatic heterocycles. The third kappa shape index (κ3) is 7.41. The maximum absolute atomic E-state index is 13.0. The Balaban J connectivity index is 1.23. The number of thioether (sulfide) groups is 1. The topological polar surface area (TPSA) is 107 Å². The average Bonchev–Trinajstić information content (AvgIpc) is 3.06. The van der Waals surface area contributed by atoms with E-state index in [2.05, 4.69) is 45.7 Å². The highest BCUT2D eigenvalue weighted by molar-refractivity contribution is 7.98. The van der Waals surface area contributed by atoms with Gasteiger partial charge in [-0.3, -0.25) is 23.9 Å². The molecule has 12 heteroatoms. The Morgan fingerprint density at radius 1 is 1.02 bits per heavy atom. The summed E-state index contributed by atoms with van der Waals surface area (Å²) in [6, 6.07) is 11.7. The molecule has 0 saturated carbocycles. The number of nitrogens with zero attached hydrogens (tertiary/aromatic N) is 7. The fourth-order valence-corrected chi connectivity index (χ4v) is 6.30. The van der Waals surface area contributed by atoms with Crippen LogP contribution in [-0.2, 0) is 16.1 Å². The molecule has 5 rings (SSSR count). The molecule has 44 heavy (non-hydrogen) atoms. The number of amides is 2. The van der Waals surface area contributed by atoms with Crippen LogP contribution in [0.1, 0.15) is 19.8 Å². The average molecular weight is 619 g/mol. The van der Waals surface area contributed by atoms with Gasteiger partial charge < -0.3 is 20.0 Å². The highest BCUT2D eigenvalue weighted by atomic mass is 32.2. The van der Waals surface area contributed by atoms with Crippen molar-refractivity contribution in [1.29, 1.82) is 0 Å². The summed E-state index contributed by atoms with van der Waals surface area (Å²) in [5.41, 5.74) is 2.44. The Hall–Kier alpha value is -3.90. The fourth-order valence-electron chi connectivity index (χ4n) is 5.93. The van der Waals surface area contributed by atoms with Gasteiger partial charge in [0.25, 0.3) is 5.56 Å². The zero-order valence-electron chi connectivity index (χ0n) is 25.7. The molecule has 234 valence electrons. The number of aromatic nitrogens is 3. The molecule has 11 nitrogen and oxygen atoms in total. The Morgan fingerprint density at radius 3 is 2.48 bits per heavy atom. The number of benzene rings is 1. The van der Waals surface area contributed by atoms with Gasteiger partial charge in [-0.25, -0.2) is 4.98 Å². The molecule has 4 heterocycles. The summed E-state index contributed by atoms with van der Waals surface area (Å²) in [6.07, 6.45) is 6.65. The molecule has 2 aliphatic heterocycles. The molecule has 0 aliphatic carbocycles. The van der Waals surface area contributed by atoms with Gasteiger partial charge in [-0.15, -0.1) is 0 Å². The third-order valence-electron chi connectivity index (χ3n) is 8.54.